The van der Waals surface area contributed by atoms with E-state index in [0.29, 0.717) is 16.7 Å². The highest BCUT2D eigenvalue weighted by molar-refractivity contribution is 5.94. The Morgan fingerprint density at radius 1 is 1.17 bits per heavy atom. The van der Waals surface area contributed by atoms with E-state index in [-0.39, 0.29) is 5.92 Å². The molecule has 4 nitrogen and oxygen atoms in total. The number of hydrogen-bond acceptors (Lipinski definition) is 2. The Hall–Kier alpha value is -1.58. The monoisotopic (exact) mass is 250 g/mol. The molecule has 2 aliphatic rings. The van der Waals surface area contributed by atoms with Gasteiger partial charge in [-0.1, -0.05) is 17.6 Å². The standard InChI is InChI=1S/C14H18O4/c1-7-8(2)12(14(17)18)10-6-4-3-5-9(10)11(7)13(15)16/h9,11H,3-6H2,1-2H3,(H,15,16)(H,17,18). The van der Waals surface area contributed by atoms with Crippen LogP contribution in [0.3, 0.4) is 0 Å². The second-order valence-electron chi connectivity index (χ2n) is 5.18. The van der Waals surface area contributed by atoms with Gasteiger partial charge >= 0.3 is 11.9 Å². The van der Waals surface area contributed by atoms with Crippen molar-refractivity contribution in [3.63, 3.8) is 0 Å². The number of carboxylic acid groups (broad SMARTS) is 2. The molecule has 0 aromatic heterocycles. The summed E-state index contributed by atoms with van der Waals surface area (Å²) in [7, 11) is 0. The summed E-state index contributed by atoms with van der Waals surface area (Å²) in [6, 6.07) is 0. The predicted molar refractivity (Wildman–Crippen MR) is 66.1 cm³/mol. The zero-order valence-electron chi connectivity index (χ0n) is 10.7. The maximum absolute atomic E-state index is 11.4. The normalized spacial score (nSPS) is 28.1. The molecular weight excluding hydrogens is 232 g/mol. The van der Waals surface area contributed by atoms with E-state index >= 15 is 0 Å². The van der Waals surface area contributed by atoms with Crippen molar-refractivity contribution >= 4 is 11.9 Å². The van der Waals surface area contributed by atoms with Crippen LogP contribution in [0.5, 0.6) is 0 Å². The zero-order chi connectivity index (χ0) is 13.4. The van der Waals surface area contributed by atoms with Gasteiger partial charge in [-0.15, -0.1) is 0 Å². The Bertz CT molecular complexity index is 470. The smallest absolute Gasteiger partial charge is 0.335 e. The Morgan fingerprint density at radius 3 is 2.39 bits per heavy atom. The molecule has 2 atom stereocenters. The molecule has 0 saturated heterocycles. The van der Waals surface area contributed by atoms with Crippen LogP contribution in [-0.2, 0) is 9.59 Å². The molecule has 0 aromatic rings. The molecule has 0 heterocycles. The van der Waals surface area contributed by atoms with E-state index in [1.54, 1.807) is 13.8 Å². The highest BCUT2D eigenvalue weighted by Crippen LogP contribution is 2.45. The minimum absolute atomic E-state index is 0.119. The summed E-state index contributed by atoms with van der Waals surface area (Å²) >= 11 is 0. The van der Waals surface area contributed by atoms with Gasteiger partial charge in [-0.2, -0.15) is 0 Å². The van der Waals surface area contributed by atoms with Gasteiger partial charge in [0.25, 0.3) is 0 Å². The zero-order valence-corrected chi connectivity index (χ0v) is 10.7. The van der Waals surface area contributed by atoms with Crippen LogP contribution in [-0.4, -0.2) is 22.2 Å². The molecule has 0 spiro atoms. The fraction of sp³-hybridized carbons (Fsp3) is 0.571. The van der Waals surface area contributed by atoms with Gasteiger partial charge in [0.15, 0.2) is 0 Å². The first kappa shape index (κ1) is 12.9. The molecule has 18 heavy (non-hydrogen) atoms. The molecule has 0 aromatic carbocycles. The van der Waals surface area contributed by atoms with Crippen molar-refractivity contribution in [1.82, 2.24) is 0 Å². The molecule has 2 rings (SSSR count). The lowest BCUT2D eigenvalue weighted by molar-refractivity contribution is -0.142. The van der Waals surface area contributed by atoms with Crippen molar-refractivity contribution in [3.8, 4) is 0 Å². The fourth-order valence-electron chi connectivity index (χ4n) is 3.35. The van der Waals surface area contributed by atoms with Gasteiger partial charge in [0, 0.05) is 0 Å². The highest BCUT2D eigenvalue weighted by atomic mass is 16.4. The van der Waals surface area contributed by atoms with Gasteiger partial charge in [0.05, 0.1) is 11.5 Å². The molecule has 0 radical (unpaired) electrons. The topological polar surface area (TPSA) is 74.6 Å². The van der Waals surface area contributed by atoms with Crippen molar-refractivity contribution in [2.45, 2.75) is 39.5 Å². The minimum Gasteiger partial charge on any atom is -0.481 e. The summed E-state index contributed by atoms with van der Waals surface area (Å²) < 4.78 is 0. The summed E-state index contributed by atoms with van der Waals surface area (Å²) in [6.45, 7) is 3.48. The summed E-state index contributed by atoms with van der Waals surface area (Å²) in [4.78, 5) is 22.8. The summed E-state index contributed by atoms with van der Waals surface area (Å²) in [5, 5.41) is 18.7. The first-order valence-corrected chi connectivity index (χ1v) is 6.32. The maximum Gasteiger partial charge on any atom is 0.335 e. The van der Waals surface area contributed by atoms with Crippen LogP contribution in [0.25, 0.3) is 0 Å². The third-order valence-corrected chi connectivity index (χ3v) is 4.30. The van der Waals surface area contributed by atoms with Gasteiger partial charge in [-0.05, 0) is 44.6 Å². The van der Waals surface area contributed by atoms with Crippen LogP contribution < -0.4 is 0 Å². The van der Waals surface area contributed by atoms with Crippen molar-refractivity contribution in [2.24, 2.45) is 11.8 Å². The molecular formula is C14H18O4. The number of rotatable bonds is 2. The molecule has 2 N–H and O–H groups in total. The van der Waals surface area contributed by atoms with Crippen LogP contribution in [0, 0.1) is 11.8 Å². The summed E-state index contributed by atoms with van der Waals surface area (Å²) in [5.41, 5.74) is 2.57. The van der Waals surface area contributed by atoms with Gasteiger partial charge in [-0.3, -0.25) is 4.79 Å². The second-order valence-corrected chi connectivity index (χ2v) is 5.18. The van der Waals surface area contributed by atoms with E-state index in [0.717, 1.165) is 31.3 Å². The molecule has 98 valence electrons. The highest BCUT2D eigenvalue weighted by Gasteiger charge is 2.40. The number of hydrogen-bond donors (Lipinski definition) is 2. The lowest BCUT2D eigenvalue weighted by Gasteiger charge is -2.37. The molecule has 0 bridgehead atoms. The van der Waals surface area contributed by atoms with E-state index in [4.69, 9.17) is 0 Å². The molecule has 0 amide bonds. The average molecular weight is 250 g/mol. The minimum atomic E-state index is -0.919. The predicted octanol–water partition coefficient (Wildman–Crippen LogP) is 2.61. The van der Waals surface area contributed by atoms with Crippen molar-refractivity contribution in [3.05, 3.63) is 22.3 Å². The summed E-state index contributed by atoms with van der Waals surface area (Å²) in [5.74, 6) is -2.41. The van der Waals surface area contributed by atoms with E-state index < -0.39 is 17.9 Å². The fourth-order valence-corrected chi connectivity index (χ4v) is 3.35. The van der Waals surface area contributed by atoms with Crippen molar-refractivity contribution in [2.75, 3.05) is 0 Å². The summed E-state index contributed by atoms with van der Waals surface area (Å²) in [6.07, 6.45) is 3.45. The van der Waals surface area contributed by atoms with Crippen LogP contribution in [0.2, 0.25) is 0 Å². The number of fused-ring (bicyclic) bond motifs is 1. The van der Waals surface area contributed by atoms with Crippen LogP contribution in [0.1, 0.15) is 39.5 Å². The average Bonchev–Trinajstić information content (AvgIpc) is 2.29. The Labute approximate surface area is 106 Å². The van der Waals surface area contributed by atoms with Gasteiger partial charge in [0.2, 0.25) is 0 Å². The lowest BCUT2D eigenvalue weighted by atomic mass is 9.66. The van der Waals surface area contributed by atoms with E-state index in [1.165, 1.54) is 0 Å². The Kier molecular flexibility index (Phi) is 3.28. The Balaban J connectivity index is 2.58. The second kappa shape index (κ2) is 4.59. The largest absolute Gasteiger partial charge is 0.481 e. The van der Waals surface area contributed by atoms with Crippen molar-refractivity contribution < 1.29 is 19.8 Å². The van der Waals surface area contributed by atoms with Crippen LogP contribution in [0.4, 0.5) is 0 Å². The van der Waals surface area contributed by atoms with E-state index in [9.17, 15) is 19.8 Å². The van der Waals surface area contributed by atoms with E-state index in [2.05, 4.69) is 0 Å². The quantitative estimate of drug-likeness (QED) is 0.790. The number of carbonyl (C=O) groups is 2. The number of allylic oxidation sites excluding steroid dienone is 1. The van der Waals surface area contributed by atoms with Crippen LogP contribution in [0.15, 0.2) is 22.3 Å². The number of carboxylic acids is 2. The molecule has 1 saturated carbocycles. The third-order valence-electron chi connectivity index (χ3n) is 4.30. The van der Waals surface area contributed by atoms with E-state index in [1.807, 2.05) is 0 Å². The third kappa shape index (κ3) is 1.85. The van der Waals surface area contributed by atoms with Gasteiger partial charge < -0.3 is 10.2 Å². The lowest BCUT2D eigenvalue weighted by Crippen LogP contribution is -2.34. The Morgan fingerprint density at radius 2 is 1.83 bits per heavy atom. The van der Waals surface area contributed by atoms with Gasteiger partial charge in [0.1, 0.15) is 0 Å². The first-order chi connectivity index (χ1) is 8.45. The molecule has 2 unspecified atom stereocenters. The van der Waals surface area contributed by atoms with Gasteiger partial charge in [-0.25, -0.2) is 4.79 Å². The molecule has 1 fully saturated rings. The maximum atomic E-state index is 11.4. The van der Waals surface area contributed by atoms with Crippen molar-refractivity contribution in [1.29, 1.82) is 0 Å². The molecule has 2 aliphatic carbocycles. The van der Waals surface area contributed by atoms with Crippen LogP contribution >= 0.6 is 0 Å². The molecule has 4 heteroatoms. The number of aliphatic carboxylic acids is 2. The molecule has 0 aliphatic heterocycles. The SMILES string of the molecule is CC1=C(C)C(C(=O)O)C2CCCCC2=C1C(=O)O. The first-order valence-electron chi connectivity index (χ1n) is 6.32.